The lowest BCUT2D eigenvalue weighted by molar-refractivity contribution is -0.173. The maximum absolute atomic E-state index is 11.6. The summed E-state index contributed by atoms with van der Waals surface area (Å²) in [6, 6.07) is 0. The Bertz CT molecular complexity index is 270. The van der Waals surface area contributed by atoms with E-state index in [1.807, 2.05) is 0 Å². The molecule has 0 saturated carbocycles. The average Bonchev–Trinajstić information content (AvgIpc) is 2.55. The zero-order chi connectivity index (χ0) is 13.1. The highest BCUT2D eigenvalue weighted by Gasteiger charge is 2.50. The molecule has 17 heavy (non-hydrogen) atoms. The van der Waals surface area contributed by atoms with Crippen molar-refractivity contribution in [1.29, 1.82) is 0 Å². The Morgan fingerprint density at radius 1 is 1.00 bits per heavy atom. The average molecular weight is 246 g/mol. The van der Waals surface area contributed by atoms with Crippen LogP contribution in [0.1, 0.15) is 27.7 Å². The van der Waals surface area contributed by atoms with Crippen LogP contribution in [0.2, 0.25) is 0 Å². The first-order valence-corrected chi connectivity index (χ1v) is 5.60. The summed E-state index contributed by atoms with van der Waals surface area (Å²) in [6.07, 6.45) is -2.13. The fourth-order valence-corrected chi connectivity index (χ4v) is 1.56. The van der Waals surface area contributed by atoms with Crippen LogP contribution in [0.5, 0.6) is 0 Å². The summed E-state index contributed by atoms with van der Waals surface area (Å²) in [6.45, 7) is 7.04. The van der Waals surface area contributed by atoms with Gasteiger partial charge in [-0.15, -0.1) is 0 Å². The molecule has 0 aromatic carbocycles. The molecule has 0 radical (unpaired) electrons. The van der Waals surface area contributed by atoms with Gasteiger partial charge in [-0.3, -0.25) is 0 Å². The highest BCUT2D eigenvalue weighted by Crippen LogP contribution is 2.29. The number of ether oxygens (including phenoxy) is 4. The van der Waals surface area contributed by atoms with Crippen molar-refractivity contribution in [2.45, 2.75) is 45.7 Å². The lowest BCUT2D eigenvalue weighted by atomic mass is 10.2. The second-order valence-electron chi connectivity index (χ2n) is 3.98. The summed E-state index contributed by atoms with van der Waals surface area (Å²) in [4.78, 5) is 23.2. The van der Waals surface area contributed by atoms with Gasteiger partial charge in [0.25, 0.3) is 0 Å². The molecule has 0 aromatic heterocycles. The van der Waals surface area contributed by atoms with E-state index in [-0.39, 0.29) is 13.2 Å². The molecule has 0 aromatic rings. The number of esters is 2. The minimum absolute atomic E-state index is 0.217. The Labute approximate surface area is 100 Å². The summed E-state index contributed by atoms with van der Waals surface area (Å²) < 4.78 is 20.3. The number of hydrogen-bond donors (Lipinski definition) is 0. The second-order valence-corrected chi connectivity index (χ2v) is 3.98. The van der Waals surface area contributed by atoms with Crippen LogP contribution >= 0.6 is 0 Å². The van der Waals surface area contributed by atoms with Crippen LogP contribution in [0.25, 0.3) is 0 Å². The van der Waals surface area contributed by atoms with Crippen molar-refractivity contribution < 1.29 is 28.5 Å². The van der Waals surface area contributed by atoms with Gasteiger partial charge in [0.2, 0.25) is 0 Å². The monoisotopic (exact) mass is 246 g/mol. The third kappa shape index (κ3) is 3.41. The molecule has 1 heterocycles. The summed E-state index contributed by atoms with van der Waals surface area (Å²) >= 11 is 0. The van der Waals surface area contributed by atoms with Crippen molar-refractivity contribution in [2.24, 2.45) is 0 Å². The van der Waals surface area contributed by atoms with E-state index >= 15 is 0 Å². The van der Waals surface area contributed by atoms with E-state index in [9.17, 15) is 9.59 Å². The lowest BCUT2D eigenvalue weighted by Crippen LogP contribution is -2.39. The zero-order valence-corrected chi connectivity index (χ0v) is 10.5. The molecule has 1 rings (SSSR count). The van der Waals surface area contributed by atoms with Crippen LogP contribution in [-0.2, 0) is 28.5 Å². The topological polar surface area (TPSA) is 71.1 Å². The van der Waals surface area contributed by atoms with Crippen molar-refractivity contribution in [3.8, 4) is 0 Å². The van der Waals surface area contributed by atoms with E-state index in [4.69, 9.17) is 18.9 Å². The third-order valence-corrected chi connectivity index (χ3v) is 2.13. The molecule has 6 heteroatoms. The molecule has 1 saturated heterocycles. The molecule has 0 bridgehead atoms. The summed E-state index contributed by atoms with van der Waals surface area (Å²) in [5, 5.41) is 0. The minimum Gasteiger partial charge on any atom is -0.464 e. The number of hydrogen-bond acceptors (Lipinski definition) is 6. The van der Waals surface area contributed by atoms with Crippen molar-refractivity contribution >= 4 is 11.9 Å². The van der Waals surface area contributed by atoms with Crippen LogP contribution in [0.4, 0.5) is 0 Å². The smallest absolute Gasteiger partial charge is 0.338 e. The normalized spacial score (nSPS) is 26.6. The Balaban J connectivity index is 2.77. The van der Waals surface area contributed by atoms with Gasteiger partial charge in [0.05, 0.1) is 13.2 Å². The highest BCUT2D eigenvalue weighted by molar-refractivity contribution is 5.86. The highest BCUT2D eigenvalue weighted by atomic mass is 16.8. The number of carbonyl (C=O) groups excluding carboxylic acids is 2. The van der Waals surface area contributed by atoms with Gasteiger partial charge in [0.1, 0.15) is 0 Å². The van der Waals surface area contributed by atoms with Gasteiger partial charge in [-0.1, -0.05) is 0 Å². The van der Waals surface area contributed by atoms with E-state index in [0.717, 1.165) is 0 Å². The molecule has 0 spiro atoms. The summed E-state index contributed by atoms with van der Waals surface area (Å²) in [7, 11) is 0. The van der Waals surface area contributed by atoms with E-state index < -0.39 is 29.9 Å². The Hall–Kier alpha value is -1.14. The third-order valence-electron chi connectivity index (χ3n) is 2.13. The van der Waals surface area contributed by atoms with E-state index in [1.54, 1.807) is 27.7 Å². The van der Waals surface area contributed by atoms with Crippen LogP contribution in [0.15, 0.2) is 0 Å². The van der Waals surface area contributed by atoms with Crippen molar-refractivity contribution in [1.82, 2.24) is 0 Å². The van der Waals surface area contributed by atoms with E-state index in [0.29, 0.717) is 0 Å². The quantitative estimate of drug-likeness (QED) is 0.678. The van der Waals surface area contributed by atoms with Gasteiger partial charge in [-0.05, 0) is 27.7 Å². The first-order valence-electron chi connectivity index (χ1n) is 5.60. The van der Waals surface area contributed by atoms with Gasteiger partial charge in [-0.25, -0.2) is 9.59 Å². The lowest BCUT2D eigenvalue weighted by Gasteiger charge is -2.15. The molecule has 0 N–H and O–H groups in total. The standard InChI is InChI=1S/C11H18O6/c1-5-14-9(12)7-8(10(13)15-6-2)17-11(3,4)16-7/h7-8H,5-6H2,1-4H3/t7-,8-/m1/s1. The summed E-state index contributed by atoms with van der Waals surface area (Å²) in [5.74, 6) is -2.23. The van der Waals surface area contributed by atoms with Crippen molar-refractivity contribution in [3.05, 3.63) is 0 Å². The van der Waals surface area contributed by atoms with Gasteiger partial charge in [0.15, 0.2) is 18.0 Å². The van der Waals surface area contributed by atoms with Gasteiger partial charge < -0.3 is 18.9 Å². The van der Waals surface area contributed by atoms with Crippen LogP contribution in [-0.4, -0.2) is 43.1 Å². The van der Waals surface area contributed by atoms with Crippen molar-refractivity contribution in [2.75, 3.05) is 13.2 Å². The second kappa shape index (κ2) is 5.46. The zero-order valence-electron chi connectivity index (χ0n) is 10.5. The molecular formula is C11H18O6. The molecule has 0 amide bonds. The predicted molar refractivity (Wildman–Crippen MR) is 57.1 cm³/mol. The van der Waals surface area contributed by atoms with Gasteiger partial charge >= 0.3 is 11.9 Å². The predicted octanol–water partition coefficient (Wildman–Crippen LogP) is 0.633. The minimum atomic E-state index is -1.07. The Kier molecular flexibility index (Phi) is 4.47. The Morgan fingerprint density at radius 3 is 1.65 bits per heavy atom. The van der Waals surface area contributed by atoms with Gasteiger partial charge in [-0.2, -0.15) is 0 Å². The molecule has 98 valence electrons. The number of carbonyl (C=O) groups is 2. The van der Waals surface area contributed by atoms with Crippen LogP contribution < -0.4 is 0 Å². The Morgan fingerprint density at radius 2 is 1.35 bits per heavy atom. The van der Waals surface area contributed by atoms with Gasteiger partial charge in [0, 0.05) is 0 Å². The largest absolute Gasteiger partial charge is 0.464 e. The first kappa shape index (κ1) is 13.9. The molecule has 0 aliphatic carbocycles. The first-order chi connectivity index (χ1) is 7.91. The molecule has 2 atom stereocenters. The molecule has 1 aliphatic heterocycles. The maximum Gasteiger partial charge on any atom is 0.338 e. The molecule has 1 aliphatic rings. The van der Waals surface area contributed by atoms with Crippen LogP contribution in [0, 0.1) is 0 Å². The maximum atomic E-state index is 11.6. The molecular weight excluding hydrogens is 228 g/mol. The fraction of sp³-hybridized carbons (Fsp3) is 0.818. The van der Waals surface area contributed by atoms with Crippen LogP contribution in [0.3, 0.4) is 0 Å². The SMILES string of the molecule is CCOC(=O)[C@@H]1OC(C)(C)O[C@H]1C(=O)OCC. The molecule has 0 unspecified atom stereocenters. The fourth-order valence-electron chi connectivity index (χ4n) is 1.56. The van der Waals surface area contributed by atoms with E-state index in [1.165, 1.54) is 0 Å². The summed E-state index contributed by atoms with van der Waals surface area (Å²) in [5.41, 5.74) is 0. The molecule has 6 nitrogen and oxygen atoms in total. The van der Waals surface area contributed by atoms with Crippen molar-refractivity contribution in [3.63, 3.8) is 0 Å². The number of rotatable bonds is 4. The van der Waals surface area contributed by atoms with E-state index in [2.05, 4.69) is 0 Å². The molecule has 1 fully saturated rings.